The summed E-state index contributed by atoms with van der Waals surface area (Å²) in [7, 11) is 1.92. The quantitative estimate of drug-likeness (QED) is 0.874. The van der Waals surface area contributed by atoms with Crippen molar-refractivity contribution >= 4 is 5.69 Å². The van der Waals surface area contributed by atoms with Crippen LogP contribution in [0, 0.1) is 5.82 Å². The van der Waals surface area contributed by atoms with Crippen molar-refractivity contribution in [2.75, 3.05) is 11.9 Å². The van der Waals surface area contributed by atoms with E-state index in [2.05, 4.69) is 19.2 Å². The summed E-state index contributed by atoms with van der Waals surface area (Å²) in [5.74, 6) is 0.646. The van der Waals surface area contributed by atoms with Gasteiger partial charge in [0.05, 0.1) is 12.8 Å². The predicted octanol–water partition coefficient (Wildman–Crippen LogP) is 3.55. The van der Waals surface area contributed by atoms with Crippen molar-refractivity contribution in [2.24, 2.45) is 0 Å². The fourth-order valence-corrected chi connectivity index (χ4v) is 1.96. The Labute approximate surface area is 119 Å². The largest absolute Gasteiger partial charge is 0.467 e. The van der Waals surface area contributed by atoms with Gasteiger partial charge in [-0.3, -0.25) is 0 Å². The second kappa shape index (κ2) is 6.57. The molecule has 0 atom stereocenters. The van der Waals surface area contributed by atoms with Crippen LogP contribution in [0.15, 0.2) is 41.0 Å². The number of hydrogen-bond acceptors (Lipinski definition) is 3. The van der Waals surface area contributed by atoms with Crippen LogP contribution in [0.2, 0.25) is 0 Å². The van der Waals surface area contributed by atoms with Crippen molar-refractivity contribution in [1.82, 2.24) is 5.32 Å². The molecule has 1 aromatic heterocycles. The molecule has 0 aliphatic heterocycles. The summed E-state index contributed by atoms with van der Waals surface area (Å²) >= 11 is 0. The molecule has 0 unspecified atom stereocenters. The first-order valence-electron chi connectivity index (χ1n) is 6.81. The number of furan rings is 1. The van der Waals surface area contributed by atoms with Crippen molar-refractivity contribution in [1.29, 1.82) is 0 Å². The van der Waals surface area contributed by atoms with Gasteiger partial charge in [-0.25, -0.2) is 4.39 Å². The molecule has 2 aromatic rings. The lowest BCUT2D eigenvalue weighted by Crippen LogP contribution is -2.21. The van der Waals surface area contributed by atoms with Crippen molar-refractivity contribution in [3.63, 3.8) is 0 Å². The highest BCUT2D eigenvalue weighted by Gasteiger charge is 2.07. The number of anilines is 1. The zero-order chi connectivity index (χ0) is 14.5. The summed E-state index contributed by atoms with van der Waals surface area (Å²) in [5, 5.41) is 3.34. The molecule has 2 rings (SSSR count). The molecule has 1 N–H and O–H groups in total. The van der Waals surface area contributed by atoms with Crippen LogP contribution >= 0.6 is 0 Å². The summed E-state index contributed by atoms with van der Waals surface area (Å²) in [5.41, 5.74) is 1.96. The van der Waals surface area contributed by atoms with Gasteiger partial charge in [0, 0.05) is 30.9 Å². The van der Waals surface area contributed by atoms with E-state index in [0.717, 1.165) is 23.6 Å². The first kappa shape index (κ1) is 14.6. The highest BCUT2D eigenvalue weighted by Crippen LogP contribution is 2.18. The average molecular weight is 276 g/mol. The van der Waals surface area contributed by atoms with Gasteiger partial charge in [-0.2, -0.15) is 0 Å². The highest BCUT2D eigenvalue weighted by molar-refractivity contribution is 5.45. The molecule has 0 radical (unpaired) electrons. The third kappa shape index (κ3) is 4.10. The Hall–Kier alpha value is -1.81. The lowest BCUT2D eigenvalue weighted by Gasteiger charge is -2.17. The van der Waals surface area contributed by atoms with Crippen LogP contribution in [-0.4, -0.2) is 13.1 Å². The molecule has 0 aliphatic rings. The number of hydrogen-bond donors (Lipinski definition) is 1. The Morgan fingerprint density at radius 3 is 2.80 bits per heavy atom. The van der Waals surface area contributed by atoms with E-state index in [4.69, 9.17) is 4.42 Å². The van der Waals surface area contributed by atoms with Gasteiger partial charge in [-0.1, -0.05) is 19.9 Å². The number of benzene rings is 1. The SMILES string of the molecule is CC(C)NCc1coc(CN(C)c2cccc(F)c2)c1. The van der Waals surface area contributed by atoms with Gasteiger partial charge < -0.3 is 14.6 Å². The Morgan fingerprint density at radius 2 is 2.10 bits per heavy atom. The van der Waals surface area contributed by atoms with Gasteiger partial charge in [-0.15, -0.1) is 0 Å². The van der Waals surface area contributed by atoms with Crippen molar-refractivity contribution < 1.29 is 8.81 Å². The minimum absolute atomic E-state index is 0.226. The predicted molar refractivity (Wildman–Crippen MR) is 79.2 cm³/mol. The molecule has 0 saturated heterocycles. The standard InChI is InChI=1S/C16H21FN2O/c1-12(2)18-9-13-7-16(20-11-13)10-19(3)15-6-4-5-14(17)8-15/h4-8,11-12,18H,9-10H2,1-3H3. The molecule has 0 amide bonds. The van der Waals surface area contributed by atoms with Crippen LogP contribution in [-0.2, 0) is 13.1 Å². The first-order chi connectivity index (χ1) is 9.54. The topological polar surface area (TPSA) is 28.4 Å². The van der Waals surface area contributed by atoms with Gasteiger partial charge in [0.2, 0.25) is 0 Å². The third-order valence-corrected chi connectivity index (χ3v) is 3.06. The van der Waals surface area contributed by atoms with E-state index in [0.29, 0.717) is 12.6 Å². The maximum Gasteiger partial charge on any atom is 0.125 e. The van der Waals surface area contributed by atoms with E-state index in [1.54, 1.807) is 12.3 Å². The van der Waals surface area contributed by atoms with Gasteiger partial charge in [-0.05, 0) is 24.3 Å². The molecule has 0 saturated carbocycles. The lowest BCUT2D eigenvalue weighted by molar-refractivity contribution is 0.502. The summed E-state index contributed by atoms with van der Waals surface area (Å²) in [6, 6.07) is 9.03. The van der Waals surface area contributed by atoms with Crippen LogP contribution in [0.4, 0.5) is 10.1 Å². The zero-order valence-corrected chi connectivity index (χ0v) is 12.2. The van der Waals surface area contributed by atoms with Crippen molar-refractivity contribution in [2.45, 2.75) is 33.0 Å². The molecule has 0 aliphatic carbocycles. The molecular formula is C16H21FN2O. The van der Waals surface area contributed by atoms with E-state index in [1.807, 2.05) is 24.1 Å². The Balaban J connectivity index is 1.96. The smallest absolute Gasteiger partial charge is 0.125 e. The second-order valence-electron chi connectivity index (χ2n) is 5.29. The molecule has 20 heavy (non-hydrogen) atoms. The van der Waals surface area contributed by atoms with E-state index < -0.39 is 0 Å². The van der Waals surface area contributed by atoms with Crippen LogP contribution in [0.5, 0.6) is 0 Å². The van der Waals surface area contributed by atoms with Crippen LogP contribution in [0.3, 0.4) is 0 Å². The zero-order valence-electron chi connectivity index (χ0n) is 12.2. The van der Waals surface area contributed by atoms with E-state index in [9.17, 15) is 4.39 Å². The van der Waals surface area contributed by atoms with E-state index in [-0.39, 0.29) is 5.82 Å². The molecular weight excluding hydrogens is 255 g/mol. The van der Waals surface area contributed by atoms with Gasteiger partial charge in [0.1, 0.15) is 11.6 Å². The van der Waals surface area contributed by atoms with Gasteiger partial charge >= 0.3 is 0 Å². The normalized spacial score (nSPS) is 11.1. The van der Waals surface area contributed by atoms with E-state index >= 15 is 0 Å². The van der Waals surface area contributed by atoms with Crippen molar-refractivity contribution in [3.05, 3.63) is 53.7 Å². The summed E-state index contributed by atoms with van der Waals surface area (Å²) in [6.45, 7) is 5.63. The molecule has 3 nitrogen and oxygen atoms in total. The van der Waals surface area contributed by atoms with Crippen molar-refractivity contribution in [3.8, 4) is 0 Å². The van der Waals surface area contributed by atoms with Crippen LogP contribution < -0.4 is 10.2 Å². The number of nitrogens with one attached hydrogen (secondary N) is 1. The second-order valence-corrected chi connectivity index (χ2v) is 5.29. The minimum atomic E-state index is -0.226. The summed E-state index contributed by atoms with van der Waals surface area (Å²) < 4.78 is 18.7. The molecule has 4 heteroatoms. The Kier molecular flexibility index (Phi) is 4.79. The molecule has 0 bridgehead atoms. The maximum atomic E-state index is 13.2. The molecule has 1 aromatic carbocycles. The Bertz CT molecular complexity index is 551. The van der Waals surface area contributed by atoms with Gasteiger partial charge in [0.25, 0.3) is 0 Å². The minimum Gasteiger partial charge on any atom is -0.467 e. The lowest BCUT2D eigenvalue weighted by atomic mass is 10.2. The molecule has 0 spiro atoms. The fourth-order valence-electron chi connectivity index (χ4n) is 1.96. The van der Waals surface area contributed by atoms with Crippen LogP contribution in [0.1, 0.15) is 25.2 Å². The van der Waals surface area contributed by atoms with E-state index in [1.165, 1.54) is 12.1 Å². The number of halogens is 1. The number of nitrogens with zero attached hydrogens (tertiary/aromatic N) is 1. The summed E-state index contributed by atoms with van der Waals surface area (Å²) in [6.07, 6.45) is 1.77. The summed E-state index contributed by atoms with van der Waals surface area (Å²) in [4.78, 5) is 1.96. The van der Waals surface area contributed by atoms with Gasteiger partial charge in [0.15, 0.2) is 0 Å². The maximum absolute atomic E-state index is 13.2. The first-order valence-corrected chi connectivity index (χ1v) is 6.81. The Morgan fingerprint density at radius 1 is 1.30 bits per heavy atom. The monoisotopic (exact) mass is 276 g/mol. The molecule has 1 heterocycles. The number of rotatable bonds is 6. The average Bonchev–Trinajstić information content (AvgIpc) is 2.84. The molecule has 0 fully saturated rings. The molecule has 108 valence electrons. The highest BCUT2D eigenvalue weighted by atomic mass is 19.1. The third-order valence-electron chi connectivity index (χ3n) is 3.06. The fraction of sp³-hybridized carbons (Fsp3) is 0.375. The van der Waals surface area contributed by atoms with Crippen LogP contribution in [0.25, 0.3) is 0 Å².